The maximum absolute atomic E-state index is 13.7. The van der Waals surface area contributed by atoms with Crippen LogP contribution < -0.4 is 4.90 Å². The van der Waals surface area contributed by atoms with Crippen LogP contribution in [-0.2, 0) is 18.8 Å². The van der Waals surface area contributed by atoms with E-state index >= 15 is 0 Å². The predicted octanol–water partition coefficient (Wildman–Crippen LogP) is 4.82. The molecule has 0 radical (unpaired) electrons. The zero-order chi connectivity index (χ0) is 24.2. The van der Waals surface area contributed by atoms with E-state index in [1.54, 1.807) is 6.92 Å². The van der Waals surface area contributed by atoms with Crippen molar-refractivity contribution in [2.45, 2.75) is 51.9 Å². The number of nitrogens with zero attached hydrogens (tertiary/aromatic N) is 2. The fourth-order valence-corrected chi connectivity index (χ4v) is 4.43. The third-order valence-corrected chi connectivity index (χ3v) is 10.8. The van der Waals surface area contributed by atoms with E-state index in [0.717, 1.165) is 16.8 Å². The Labute approximate surface area is 197 Å². The molecule has 1 atom stereocenters. The summed E-state index contributed by atoms with van der Waals surface area (Å²) in [6.45, 7) is 12.8. The minimum atomic E-state index is -2.11. The number of anilines is 1. The van der Waals surface area contributed by atoms with Crippen LogP contribution in [0.3, 0.4) is 0 Å². The van der Waals surface area contributed by atoms with Gasteiger partial charge in [-0.25, -0.2) is 0 Å². The topological polar surface area (TPSA) is 68.2 Å². The van der Waals surface area contributed by atoms with Gasteiger partial charge in [-0.05, 0) is 31.1 Å². The number of benzene rings is 2. The lowest BCUT2D eigenvalue weighted by atomic mass is 10.0. The lowest BCUT2D eigenvalue weighted by Gasteiger charge is -2.37. The fraction of sp³-hybridized carbons (Fsp3) is 0.423. The Kier molecular flexibility index (Phi) is 7.54. The number of para-hydroxylation sites is 1. The number of fused-ring (bicyclic) bond motifs is 1. The van der Waals surface area contributed by atoms with Gasteiger partial charge in [0.1, 0.15) is 6.54 Å². The predicted molar refractivity (Wildman–Crippen MR) is 134 cm³/mol. The normalized spacial score (nSPS) is 16.7. The summed E-state index contributed by atoms with van der Waals surface area (Å²) in [6.07, 6.45) is 0. The number of amides is 1. The number of rotatable bonds is 7. The van der Waals surface area contributed by atoms with E-state index in [9.17, 15) is 9.59 Å². The molecule has 0 N–H and O–H groups in total. The van der Waals surface area contributed by atoms with Gasteiger partial charge in [-0.3, -0.25) is 19.5 Å². The number of aliphatic imine (C=N–C) groups is 1. The van der Waals surface area contributed by atoms with Crippen molar-refractivity contribution >= 4 is 31.6 Å². The molecule has 1 aliphatic rings. The van der Waals surface area contributed by atoms with E-state index in [2.05, 4.69) is 33.9 Å². The highest BCUT2D eigenvalue weighted by molar-refractivity contribution is 6.74. The van der Waals surface area contributed by atoms with Gasteiger partial charge in [-0.1, -0.05) is 69.3 Å². The number of benzodiazepines with no additional fused rings is 1. The van der Waals surface area contributed by atoms with Gasteiger partial charge in [-0.2, -0.15) is 0 Å². The standard InChI is InChI=1S/C26H34N2O4Si/c1-7-31-23(29)17-28-22-16-12-11-15-20(22)24(19-13-9-8-10-14-19)27-21(25(28)30)18-32-33(5,6)26(2,3)4/h8-16,21H,7,17-18H2,1-6H3/t21-/m1/s1. The van der Waals surface area contributed by atoms with Gasteiger partial charge >= 0.3 is 5.97 Å². The van der Waals surface area contributed by atoms with Crippen molar-refractivity contribution in [2.24, 2.45) is 4.99 Å². The minimum absolute atomic E-state index is 0.000331. The van der Waals surface area contributed by atoms with E-state index in [-0.39, 0.29) is 30.7 Å². The average molecular weight is 467 g/mol. The second-order valence-electron chi connectivity index (χ2n) is 9.68. The zero-order valence-electron chi connectivity index (χ0n) is 20.4. The van der Waals surface area contributed by atoms with Crippen LogP contribution in [0, 0.1) is 0 Å². The van der Waals surface area contributed by atoms with Crippen LogP contribution in [0.15, 0.2) is 59.6 Å². The third kappa shape index (κ3) is 5.60. The molecule has 3 rings (SSSR count). The van der Waals surface area contributed by atoms with Crippen molar-refractivity contribution in [3.8, 4) is 0 Å². The van der Waals surface area contributed by atoms with Gasteiger partial charge in [-0.15, -0.1) is 0 Å². The molecule has 1 heterocycles. The van der Waals surface area contributed by atoms with Crippen molar-refractivity contribution in [1.82, 2.24) is 0 Å². The van der Waals surface area contributed by atoms with E-state index in [1.807, 2.05) is 54.6 Å². The van der Waals surface area contributed by atoms with E-state index < -0.39 is 20.3 Å². The van der Waals surface area contributed by atoms with Crippen LogP contribution in [0.1, 0.15) is 38.8 Å². The van der Waals surface area contributed by atoms with Crippen molar-refractivity contribution in [3.63, 3.8) is 0 Å². The van der Waals surface area contributed by atoms with Gasteiger partial charge in [0.05, 0.1) is 24.6 Å². The Morgan fingerprint density at radius 3 is 2.33 bits per heavy atom. The van der Waals surface area contributed by atoms with Crippen LogP contribution in [0.2, 0.25) is 18.1 Å². The largest absolute Gasteiger partial charge is 0.465 e. The Bertz CT molecular complexity index is 1030. The molecule has 0 aliphatic carbocycles. The molecule has 0 fully saturated rings. The van der Waals surface area contributed by atoms with E-state index in [4.69, 9.17) is 14.2 Å². The van der Waals surface area contributed by atoms with Crippen molar-refractivity contribution in [3.05, 3.63) is 65.7 Å². The quantitative estimate of drug-likeness (QED) is 0.433. The Morgan fingerprint density at radius 2 is 1.70 bits per heavy atom. The first-order chi connectivity index (χ1) is 15.5. The molecule has 176 valence electrons. The molecule has 2 aromatic carbocycles. The fourth-order valence-electron chi connectivity index (χ4n) is 3.43. The van der Waals surface area contributed by atoms with Crippen LogP contribution in [0.5, 0.6) is 0 Å². The number of hydrogen-bond donors (Lipinski definition) is 0. The number of esters is 1. The van der Waals surface area contributed by atoms with Gasteiger partial charge in [0, 0.05) is 11.1 Å². The second-order valence-corrected chi connectivity index (χ2v) is 14.5. The van der Waals surface area contributed by atoms with E-state index in [0.29, 0.717) is 5.69 Å². The highest BCUT2D eigenvalue weighted by Gasteiger charge is 2.40. The lowest BCUT2D eigenvalue weighted by molar-refractivity contribution is -0.142. The van der Waals surface area contributed by atoms with Crippen molar-refractivity contribution in [1.29, 1.82) is 0 Å². The minimum Gasteiger partial charge on any atom is -0.465 e. The molecule has 0 saturated carbocycles. The van der Waals surface area contributed by atoms with Crippen LogP contribution in [0.25, 0.3) is 0 Å². The molecule has 1 aliphatic heterocycles. The van der Waals surface area contributed by atoms with Gasteiger partial charge < -0.3 is 9.16 Å². The average Bonchev–Trinajstić information content (AvgIpc) is 2.88. The first-order valence-electron chi connectivity index (χ1n) is 11.4. The molecular formula is C26H34N2O4Si. The molecule has 6 nitrogen and oxygen atoms in total. The highest BCUT2D eigenvalue weighted by Crippen LogP contribution is 2.37. The maximum Gasteiger partial charge on any atom is 0.326 e. The molecule has 33 heavy (non-hydrogen) atoms. The SMILES string of the molecule is CCOC(=O)CN1C(=O)[C@@H](CO[Si](C)(C)C(C)(C)C)N=C(c2ccccc2)c2ccccc21. The van der Waals surface area contributed by atoms with Gasteiger partial charge in [0.2, 0.25) is 0 Å². The summed E-state index contributed by atoms with van der Waals surface area (Å²) in [7, 11) is -2.11. The third-order valence-electron chi connectivity index (χ3n) is 6.33. The molecule has 0 bridgehead atoms. The molecule has 0 unspecified atom stereocenters. The maximum atomic E-state index is 13.7. The Hall–Kier alpha value is -2.77. The molecular weight excluding hydrogens is 432 g/mol. The van der Waals surface area contributed by atoms with Crippen LogP contribution >= 0.6 is 0 Å². The summed E-state index contributed by atoms with van der Waals surface area (Å²) in [6, 6.07) is 16.6. The summed E-state index contributed by atoms with van der Waals surface area (Å²) in [5.41, 5.74) is 3.08. The number of carbonyl (C=O) groups excluding carboxylic acids is 2. The van der Waals surface area contributed by atoms with E-state index in [1.165, 1.54) is 4.90 Å². The first kappa shape index (κ1) is 24.9. The van der Waals surface area contributed by atoms with Gasteiger partial charge in [0.25, 0.3) is 5.91 Å². The van der Waals surface area contributed by atoms with Gasteiger partial charge in [0.15, 0.2) is 14.4 Å². The lowest BCUT2D eigenvalue weighted by Crippen LogP contribution is -2.47. The Balaban J connectivity index is 2.08. The number of ether oxygens (including phenoxy) is 1. The van der Waals surface area contributed by atoms with Crippen molar-refractivity contribution < 1.29 is 18.8 Å². The first-order valence-corrected chi connectivity index (χ1v) is 14.3. The summed E-state index contributed by atoms with van der Waals surface area (Å²) in [5, 5.41) is 0.000331. The highest BCUT2D eigenvalue weighted by atomic mass is 28.4. The molecule has 0 aromatic heterocycles. The summed E-state index contributed by atoms with van der Waals surface area (Å²) >= 11 is 0. The summed E-state index contributed by atoms with van der Waals surface area (Å²) in [4.78, 5) is 32.6. The molecule has 7 heteroatoms. The summed E-state index contributed by atoms with van der Waals surface area (Å²) in [5.74, 6) is -0.715. The van der Waals surface area contributed by atoms with Crippen LogP contribution in [-0.4, -0.2) is 51.7 Å². The molecule has 1 amide bonds. The molecule has 0 spiro atoms. The smallest absolute Gasteiger partial charge is 0.326 e. The van der Waals surface area contributed by atoms with Crippen LogP contribution in [0.4, 0.5) is 5.69 Å². The zero-order valence-corrected chi connectivity index (χ0v) is 21.4. The second kappa shape index (κ2) is 10.0. The monoisotopic (exact) mass is 466 g/mol. The number of hydrogen-bond acceptors (Lipinski definition) is 5. The summed E-state index contributed by atoms with van der Waals surface area (Å²) < 4.78 is 11.6. The molecule has 2 aromatic rings. The van der Waals surface area contributed by atoms with Crippen molar-refractivity contribution in [2.75, 3.05) is 24.7 Å². The Morgan fingerprint density at radius 1 is 1.06 bits per heavy atom. The molecule has 0 saturated heterocycles. The number of carbonyl (C=O) groups is 2.